The Hall–Kier alpha value is -1.24. The van der Waals surface area contributed by atoms with Gasteiger partial charge < -0.3 is 10.1 Å². The predicted octanol–water partition coefficient (Wildman–Crippen LogP) is 4.61. The van der Waals surface area contributed by atoms with E-state index in [-0.39, 0.29) is 11.8 Å². The van der Waals surface area contributed by atoms with E-state index in [9.17, 15) is 13.2 Å². The SMILES string of the molecule is CNC(c1ccc(OC(F)(F)F)cc1)c1sccc1Cl. The lowest BCUT2D eigenvalue weighted by molar-refractivity contribution is -0.274. The third-order valence-electron chi connectivity index (χ3n) is 2.64. The van der Waals surface area contributed by atoms with Gasteiger partial charge in [0.15, 0.2) is 0 Å². The molecule has 0 aliphatic heterocycles. The summed E-state index contributed by atoms with van der Waals surface area (Å²) in [4.78, 5) is 0.915. The summed E-state index contributed by atoms with van der Waals surface area (Å²) in [5.74, 6) is -0.242. The molecule has 20 heavy (non-hydrogen) atoms. The molecule has 2 nitrogen and oxygen atoms in total. The normalized spacial score (nSPS) is 13.2. The second-order valence-electron chi connectivity index (χ2n) is 3.97. The van der Waals surface area contributed by atoms with Gasteiger partial charge in [-0.05, 0) is 36.2 Å². The molecule has 1 heterocycles. The van der Waals surface area contributed by atoms with Crippen LogP contribution >= 0.6 is 22.9 Å². The van der Waals surface area contributed by atoms with Gasteiger partial charge >= 0.3 is 6.36 Å². The maximum atomic E-state index is 12.1. The summed E-state index contributed by atoms with van der Waals surface area (Å²) in [5.41, 5.74) is 0.811. The molecule has 0 radical (unpaired) electrons. The van der Waals surface area contributed by atoms with E-state index < -0.39 is 6.36 Å². The first-order valence-electron chi connectivity index (χ1n) is 5.66. The van der Waals surface area contributed by atoms with Crippen LogP contribution in [0.4, 0.5) is 13.2 Å². The Morgan fingerprint density at radius 1 is 1.20 bits per heavy atom. The van der Waals surface area contributed by atoms with Crippen LogP contribution in [0.3, 0.4) is 0 Å². The molecule has 0 amide bonds. The molecule has 0 saturated heterocycles. The molecule has 108 valence electrons. The van der Waals surface area contributed by atoms with E-state index in [0.717, 1.165) is 10.4 Å². The van der Waals surface area contributed by atoms with Crippen LogP contribution in [0.15, 0.2) is 35.7 Å². The molecular formula is C13H11ClF3NOS. The highest BCUT2D eigenvalue weighted by atomic mass is 35.5. The number of thiophene rings is 1. The van der Waals surface area contributed by atoms with Crippen molar-refractivity contribution in [1.82, 2.24) is 5.32 Å². The van der Waals surface area contributed by atoms with Gasteiger partial charge in [-0.15, -0.1) is 24.5 Å². The Bertz CT molecular complexity index is 568. The maximum absolute atomic E-state index is 12.1. The van der Waals surface area contributed by atoms with Crippen molar-refractivity contribution in [2.75, 3.05) is 7.05 Å². The van der Waals surface area contributed by atoms with Crippen molar-refractivity contribution in [2.24, 2.45) is 0 Å². The van der Waals surface area contributed by atoms with Crippen molar-refractivity contribution < 1.29 is 17.9 Å². The molecule has 0 spiro atoms. The minimum absolute atomic E-state index is 0.164. The van der Waals surface area contributed by atoms with Crippen LogP contribution < -0.4 is 10.1 Å². The summed E-state index contributed by atoms with van der Waals surface area (Å²) in [6.45, 7) is 0. The molecular weight excluding hydrogens is 311 g/mol. The van der Waals surface area contributed by atoms with Crippen molar-refractivity contribution in [3.63, 3.8) is 0 Å². The molecule has 1 N–H and O–H groups in total. The van der Waals surface area contributed by atoms with Crippen LogP contribution in [-0.2, 0) is 0 Å². The zero-order valence-electron chi connectivity index (χ0n) is 10.4. The number of hydrogen-bond acceptors (Lipinski definition) is 3. The number of nitrogens with one attached hydrogen (secondary N) is 1. The molecule has 7 heteroatoms. The van der Waals surface area contributed by atoms with Crippen molar-refractivity contribution in [2.45, 2.75) is 12.4 Å². The molecule has 0 aliphatic carbocycles. The van der Waals surface area contributed by atoms with E-state index in [1.165, 1.54) is 23.5 Å². The lowest BCUT2D eigenvalue weighted by Gasteiger charge is -2.16. The summed E-state index contributed by atoms with van der Waals surface area (Å²) in [6.07, 6.45) is -4.68. The Morgan fingerprint density at radius 3 is 2.30 bits per heavy atom. The highest BCUT2D eigenvalue weighted by Gasteiger charge is 2.31. The monoisotopic (exact) mass is 321 g/mol. The molecule has 1 aromatic heterocycles. The minimum atomic E-state index is -4.68. The number of benzene rings is 1. The van der Waals surface area contributed by atoms with Crippen molar-refractivity contribution in [3.05, 3.63) is 51.2 Å². The summed E-state index contributed by atoms with van der Waals surface area (Å²) in [7, 11) is 1.76. The average Bonchev–Trinajstić information content (AvgIpc) is 2.77. The highest BCUT2D eigenvalue weighted by Crippen LogP contribution is 2.33. The lowest BCUT2D eigenvalue weighted by atomic mass is 10.1. The minimum Gasteiger partial charge on any atom is -0.406 e. The number of rotatable bonds is 4. The van der Waals surface area contributed by atoms with E-state index in [0.29, 0.717) is 5.02 Å². The quantitative estimate of drug-likeness (QED) is 0.888. The average molecular weight is 322 g/mol. The van der Waals surface area contributed by atoms with E-state index in [2.05, 4.69) is 10.1 Å². The van der Waals surface area contributed by atoms with E-state index in [1.54, 1.807) is 25.2 Å². The van der Waals surface area contributed by atoms with Gasteiger partial charge in [0.1, 0.15) is 5.75 Å². The van der Waals surface area contributed by atoms with Crippen LogP contribution in [0.1, 0.15) is 16.5 Å². The zero-order chi connectivity index (χ0) is 14.8. The Balaban J connectivity index is 2.22. The summed E-state index contributed by atoms with van der Waals surface area (Å²) >= 11 is 7.56. The first kappa shape index (κ1) is 15.2. The molecule has 2 rings (SSSR count). The van der Waals surface area contributed by atoms with Crippen LogP contribution in [-0.4, -0.2) is 13.4 Å². The fourth-order valence-electron chi connectivity index (χ4n) is 1.82. The number of ether oxygens (including phenoxy) is 1. The van der Waals surface area contributed by atoms with E-state index >= 15 is 0 Å². The first-order chi connectivity index (χ1) is 9.40. The van der Waals surface area contributed by atoms with Crippen LogP contribution in [0, 0.1) is 0 Å². The van der Waals surface area contributed by atoms with Crippen molar-refractivity contribution in [1.29, 1.82) is 0 Å². The van der Waals surface area contributed by atoms with Crippen LogP contribution in [0.25, 0.3) is 0 Å². The molecule has 0 bridgehead atoms. The van der Waals surface area contributed by atoms with Gasteiger partial charge in [0, 0.05) is 4.88 Å². The molecule has 0 fully saturated rings. The van der Waals surface area contributed by atoms with Gasteiger partial charge in [0.25, 0.3) is 0 Å². The smallest absolute Gasteiger partial charge is 0.406 e. The fraction of sp³-hybridized carbons (Fsp3) is 0.231. The lowest BCUT2D eigenvalue weighted by Crippen LogP contribution is -2.18. The number of alkyl halides is 3. The summed E-state index contributed by atoms with van der Waals surface area (Å²) < 4.78 is 40.1. The summed E-state index contributed by atoms with van der Waals surface area (Å²) in [6, 6.07) is 7.36. The van der Waals surface area contributed by atoms with Gasteiger partial charge in [-0.1, -0.05) is 23.7 Å². The topological polar surface area (TPSA) is 21.3 Å². The second-order valence-corrected chi connectivity index (χ2v) is 5.33. The Morgan fingerprint density at radius 2 is 1.85 bits per heavy atom. The fourth-order valence-corrected chi connectivity index (χ4v) is 3.12. The Kier molecular flexibility index (Phi) is 4.57. The van der Waals surface area contributed by atoms with E-state index in [4.69, 9.17) is 11.6 Å². The number of hydrogen-bond donors (Lipinski definition) is 1. The van der Waals surface area contributed by atoms with E-state index in [1.807, 2.05) is 5.38 Å². The van der Waals surface area contributed by atoms with Gasteiger partial charge in [-0.3, -0.25) is 0 Å². The number of halogens is 4. The molecule has 1 unspecified atom stereocenters. The molecule has 1 atom stereocenters. The molecule has 0 aliphatic rings. The maximum Gasteiger partial charge on any atom is 0.573 e. The zero-order valence-corrected chi connectivity index (χ0v) is 11.9. The third kappa shape index (κ3) is 3.65. The molecule has 2 aromatic rings. The Labute approximate surface area is 123 Å². The largest absolute Gasteiger partial charge is 0.573 e. The molecule has 1 aromatic carbocycles. The first-order valence-corrected chi connectivity index (χ1v) is 6.92. The molecule has 0 saturated carbocycles. The van der Waals surface area contributed by atoms with Crippen molar-refractivity contribution >= 4 is 22.9 Å². The standard InChI is InChI=1S/C13H11ClF3NOS/c1-18-11(12-10(14)6-7-20-12)8-2-4-9(5-3-8)19-13(15,16)17/h2-7,11,18H,1H3. The predicted molar refractivity (Wildman–Crippen MR) is 73.4 cm³/mol. The second kappa shape index (κ2) is 6.03. The highest BCUT2D eigenvalue weighted by molar-refractivity contribution is 7.10. The third-order valence-corrected chi connectivity index (χ3v) is 4.07. The van der Waals surface area contributed by atoms with Gasteiger partial charge in [0.2, 0.25) is 0 Å². The van der Waals surface area contributed by atoms with Crippen molar-refractivity contribution in [3.8, 4) is 5.75 Å². The van der Waals surface area contributed by atoms with Crippen LogP contribution in [0.5, 0.6) is 5.75 Å². The van der Waals surface area contributed by atoms with Gasteiger partial charge in [-0.2, -0.15) is 0 Å². The summed E-state index contributed by atoms with van der Waals surface area (Å²) in [5, 5.41) is 5.59. The van der Waals surface area contributed by atoms with Crippen LogP contribution in [0.2, 0.25) is 5.02 Å². The van der Waals surface area contributed by atoms with Gasteiger partial charge in [-0.25, -0.2) is 0 Å². The van der Waals surface area contributed by atoms with Gasteiger partial charge in [0.05, 0.1) is 11.1 Å².